The quantitative estimate of drug-likeness (QED) is 0.757. The van der Waals surface area contributed by atoms with Crippen LogP contribution < -0.4 is 0 Å². The SMILES string of the molecule is CSCC(C)C(=O)N1CCN(C(=O)N2CCN(C)CC2)CC1. The van der Waals surface area contributed by atoms with E-state index in [1.54, 1.807) is 11.8 Å². The molecule has 0 aromatic heterocycles. The summed E-state index contributed by atoms with van der Waals surface area (Å²) >= 11 is 1.70. The third-order valence-corrected chi connectivity index (χ3v) is 5.31. The van der Waals surface area contributed by atoms with Crippen molar-refractivity contribution in [1.29, 1.82) is 0 Å². The fraction of sp³-hybridized carbons (Fsp3) is 0.867. The number of urea groups is 1. The van der Waals surface area contributed by atoms with Crippen molar-refractivity contribution in [3.05, 3.63) is 0 Å². The molecule has 0 N–H and O–H groups in total. The lowest BCUT2D eigenvalue weighted by Gasteiger charge is -2.40. The summed E-state index contributed by atoms with van der Waals surface area (Å²) < 4.78 is 0. The first-order valence-corrected chi connectivity index (χ1v) is 9.42. The van der Waals surface area contributed by atoms with Gasteiger partial charge in [0.2, 0.25) is 5.91 Å². The van der Waals surface area contributed by atoms with Gasteiger partial charge in [0.25, 0.3) is 0 Å². The molecule has 2 aliphatic rings. The van der Waals surface area contributed by atoms with Gasteiger partial charge in [-0.25, -0.2) is 4.79 Å². The molecule has 2 fully saturated rings. The molecule has 1 unspecified atom stereocenters. The minimum Gasteiger partial charge on any atom is -0.339 e. The van der Waals surface area contributed by atoms with Gasteiger partial charge in [-0.2, -0.15) is 11.8 Å². The predicted molar refractivity (Wildman–Crippen MR) is 90.2 cm³/mol. The number of carbonyl (C=O) groups is 2. The Morgan fingerprint density at radius 1 is 0.909 bits per heavy atom. The second-order valence-corrected chi connectivity index (χ2v) is 7.15. The van der Waals surface area contributed by atoms with Crippen molar-refractivity contribution in [2.75, 3.05) is 71.4 Å². The van der Waals surface area contributed by atoms with E-state index in [2.05, 4.69) is 11.9 Å². The van der Waals surface area contributed by atoms with Gasteiger partial charge in [0, 0.05) is 64.0 Å². The summed E-state index contributed by atoms with van der Waals surface area (Å²) in [4.78, 5) is 32.8. The third-order valence-electron chi connectivity index (χ3n) is 4.47. The van der Waals surface area contributed by atoms with Crippen LogP contribution >= 0.6 is 11.8 Å². The molecule has 0 spiro atoms. The number of carbonyl (C=O) groups excluding carboxylic acids is 2. The highest BCUT2D eigenvalue weighted by Crippen LogP contribution is 2.13. The monoisotopic (exact) mass is 328 g/mol. The highest BCUT2D eigenvalue weighted by atomic mass is 32.2. The van der Waals surface area contributed by atoms with E-state index in [1.807, 2.05) is 27.9 Å². The molecule has 7 heteroatoms. The van der Waals surface area contributed by atoms with Crippen molar-refractivity contribution in [2.45, 2.75) is 6.92 Å². The number of amides is 3. The zero-order valence-corrected chi connectivity index (χ0v) is 14.8. The standard InChI is InChI=1S/C15H28N4O2S/c1-13(12-22-3)14(20)17-8-10-19(11-9-17)15(21)18-6-4-16(2)5-7-18/h13H,4-12H2,1-3H3. The summed E-state index contributed by atoms with van der Waals surface area (Å²) in [5.41, 5.74) is 0. The maximum atomic E-state index is 12.5. The average molecular weight is 328 g/mol. The second-order valence-electron chi connectivity index (χ2n) is 6.24. The van der Waals surface area contributed by atoms with Gasteiger partial charge >= 0.3 is 6.03 Å². The number of likely N-dealkylation sites (N-methyl/N-ethyl adjacent to an activating group) is 1. The van der Waals surface area contributed by atoms with E-state index in [-0.39, 0.29) is 17.9 Å². The molecule has 2 aliphatic heterocycles. The van der Waals surface area contributed by atoms with Gasteiger partial charge in [-0.05, 0) is 13.3 Å². The number of rotatable bonds is 3. The summed E-state index contributed by atoms with van der Waals surface area (Å²) in [6.45, 7) is 8.12. The number of hydrogen-bond donors (Lipinski definition) is 0. The van der Waals surface area contributed by atoms with Crippen LogP contribution in [0.25, 0.3) is 0 Å². The zero-order valence-electron chi connectivity index (χ0n) is 14.0. The van der Waals surface area contributed by atoms with Gasteiger partial charge in [-0.3, -0.25) is 4.79 Å². The maximum Gasteiger partial charge on any atom is 0.320 e. The average Bonchev–Trinajstić information content (AvgIpc) is 2.54. The van der Waals surface area contributed by atoms with E-state index in [0.717, 1.165) is 31.9 Å². The Morgan fingerprint density at radius 2 is 1.36 bits per heavy atom. The first-order valence-electron chi connectivity index (χ1n) is 8.03. The molecule has 0 aromatic carbocycles. The molecule has 0 aliphatic carbocycles. The van der Waals surface area contributed by atoms with Crippen molar-refractivity contribution >= 4 is 23.7 Å². The zero-order chi connectivity index (χ0) is 16.1. The molecule has 6 nitrogen and oxygen atoms in total. The van der Waals surface area contributed by atoms with Crippen LogP contribution in [0.5, 0.6) is 0 Å². The molecule has 1 atom stereocenters. The Labute approximate surface area is 137 Å². The smallest absolute Gasteiger partial charge is 0.320 e. The molecule has 0 radical (unpaired) electrons. The Kier molecular flexibility index (Phi) is 6.37. The molecule has 2 saturated heterocycles. The lowest BCUT2D eigenvalue weighted by Crippen LogP contribution is -2.57. The van der Waals surface area contributed by atoms with Crippen molar-refractivity contribution in [1.82, 2.24) is 19.6 Å². The summed E-state index contributed by atoms with van der Waals surface area (Å²) in [6, 6.07) is 0.136. The maximum absolute atomic E-state index is 12.5. The molecular weight excluding hydrogens is 300 g/mol. The number of piperazine rings is 2. The topological polar surface area (TPSA) is 47.1 Å². The molecule has 2 rings (SSSR count). The highest BCUT2D eigenvalue weighted by molar-refractivity contribution is 7.98. The van der Waals surface area contributed by atoms with Crippen molar-refractivity contribution in [2.24, 2.45) is 5.92 Å². The van der Waals surface area contributed by atoms with E-state index in [9.17, 15) is 9.59 Å². The summed E-state index contributed by atoms with van der Waals surface area (Å²) in [5.74, 6) is 1.15. The van der Waals surface area contributed by atoms with Crippen molar-refractivity contribution in [3.63, 3.8) is 0 Å². The van der Waals surface area contributed by atoms with Gasteiger partial charge in [0.15, 0.2) is 0 Å². The van der Waals surface area contributed by atoms with Crippen LogP contribution in [-0.4, -0.2) is 103 Å². The summed E-state index contributed by atoms with van der Waals surface area (Å²) in [5, 5.41) is 0. The van der Waals surface area contributed by atoms with Crippen LogP contribution in [0.3, 0.4) is 0 Å². The van der Waals surface area contributed by atoms with E-state index >= 15 is 0 Å². The van der Waals surface area contributed by atoms with Crippen LogP contribution in [0.15, 0.2) is 0 Å². The lowest BCUT2D eigenvalue weighted by molar-refractivity contribution is -0.135. The molecule has 22 heavy (non-hydrogen) atoms. The molecule has 0 bridgehead atoms. The Morgan fingerprint density at radius 3 is 1.86 bits per heavy atom. The third kappa shape index (κ3) is 4.29. The molecule has 126 valence electrons. The lowest BCUT2D eigenvalue weighted by atomic mass is 10.1. The van der Waals surface area contributed by atoms with Gasteiger partial charge < -0.3 is 19.6 Å². The second kappa shape index (κ2) is 8.06. The highest BCUT2D eigenvalue weighted by Gasteiger charge is 2.29. The van der Waals surface area contributed by atoms with E-state index in [0.29, 0.717) is 26.2 Å². The molecular formula is C15H28N4O2S. The minimum atomic E-state index is 0.0647. The van der Waals surface area contributed by atoms with E-state index in [4.69, 9.17) is 0 Å². The van der Waals surface area contributed by atoms with Crippen LogP contribution in [0.2, 0.25) is 0 Å². The predicted octanol–water partition coefficient (Wildman–Crippen LogP) is 0.497. The number of thioether (sulfide) groups is 1. The van der Waals surface area contributed by atoms with E-state index in [1.165, 1.54) is 0 Å². The fourth-order valence-electron chi connectivity index (χ4n) is 2.95. The van der Waals surface area contributed by atoms with Crippen LogP contribution in [-0.2, 0) is 4.79 Å². The molecule has 3 amide bonds. The van der Waals surface area contributed by atoms with Gasteiger partial charge in [-0.1, -0.05) is 6.92 Å². The molecule has 0 saturated carbocycles. The van der Waals surface area contributed by atoms with Crippen molar-refractivity contribution < 1.29 is 9.59 Å². The number of hydrogen-bond acceptors (Lipinski definition) is 4. The Balaban J connectivity index is 1.79. The molecule has 0 aromatic rings. The molecule has 2 heterocycles. The normalized spacial score (nSPS) is 21.9. The Bertz CT molecular complexity index is 391. The van der Waals surface area contributed by atoms with Crippen LogP contribution in [0.4, 0.5) is 4.79 Å². The summed E-state index contributed by atoms with van der Waals surface area (Å²) in [7, 11) is 2.09. The largest absolute Gasteiger partial charge is 0.339 e. The van der Waals surface area contributed by atoms with Gasteiger partial charge in [0.1, 0.15) is 0 Å². The van der Waals surface area contributed by atoms with Crippen molar-refractivity contribution in [3.8, 4) is 0 Å². The van der Waals surface area contributed by atoms with E-state index < -0.39 is 0 Å². The van der Waals surface area contributed by atoms with Gasteiger partial charge in [-0.15, -0.1) is 0 Å². The minimum absolute atomic E-state index is 0.0647. The van der Waals surface area contributed by atoms with Crippen LogP contribution in [0.1, 0.15) is 6.92 Å². The fourth-order valence-corrected chi connectivity index (χ4v) is 3.59. The van der Waals surface area contributed by atoms with Gasteiger partial charge in [0.05, 0.1) is 0 Å². The first kappa shape index (κ1) is 17.4. The Hall–Kier alpha value is -0.950. The first-order chi connectivity index (χ1) is 10.5. The van der Waals surface area contributed by atoms with Crippen LogP contribution in [0, 0.1) is 5.92 Å². The summed E-state index contributed by atoms with van der Waals surface area (Å²) in [6.07, 6.45) is 2.02. The number of nitrogens with zero attached hydrogens (tertiary/aromatic N) is 4.